The van der Waals surface area contributed by atoms with E-state index >= 15 is 0 Å². The highest BCUT2D eigenvalue weighted by molar-refractivity contribution is 5.79. The number of esters is 1. The number of hydrogen-bond acceptors (Lipinski definition) is 4. The van der Waals surface area contributed by atoms with E-state index in [1.807, 2.05) is 0 Å². The fourth-order valence-corrected chi connectivity index (χ4v) is 0.819. The van der Waals surface area contributed by atoms with Gasteiger partial charge in [-0.1, -0.05) is 13.8 Å². The second kappa shape index (κ2) is 6.37. The number of ether oxygens (including phenoxy) is 1. The Balaban J connectivity index is 3.82. The molecule has 0 saturated carbocycles. The number of methoxy groups -OCH3 is 1. The summed E-state index contributed by atoms with van der Waals surface area (Å²) in [5.74, 6) is -1.01. The van der Waals surface area contributed by atoms with Crippen molar-refractivity contribution in [3.63, 3.8) is 0 Å². The van der Waals surface area contributed by atoms with Gasteiger partial charge >= 0.3 is 5.97 Å². The van der Waals surface area contributed by atoms with Crippen LogP contribution in [0.3, 0.4) is 0 Å². The number of hydrogen-bond donors (Lipinski definition) is 2. The van der Waals surface area contributed by atoms with Crippen molar-refractivity contribution >= 4 is 11.9 Å². The second-order valence-electron chi connectivity index (χ2n) is 3.31. The largest absolute Gasteiger partial charge is 0.469 e. The molecule has 0 aliphatic carbocycles. The van der Waals surface area contributed by atoms with Crippen LogP contribution >= 0.6 is 0 Å². The Morgan fingerprint density at radius 1 is 1.36 bits per heavy atom. The van der Waals surface area contributed by atoms with Crippen LogP contribution in [0.5, 0.6) is 0 Å². The highest BCUT2D eigenvalue weighted by atomic mass is 16.5. The lowest BCUT2D eigenvalue weighted by molar-refractivity contribution is -0.144. The summed E-state index contributed by atoms with van der Waals surface area (Å²) in [7, 11) is 1.32. The molecule has 0 bridgehead atoms. The van der Waals surface area contributed by atoms with Crippen LogP contribution < -0.4 is 11.1 Å². The van der Waals surface area contributed by atoms with E-state index in [0.717, 1.165) is 0 Å². The van der Waals surface area contributed by atoms with Crippen molar-refractivity contribution in [2.75, 3.05) is 20.2 Å². The van der Waals surface area contributed by atoms with Gasteiger partial charge in [0, 0.05) is 19.0 Å². The maximum atomic E-state index is 11.2. The molecule has 1 amide bonds. The molecule has 0 rings (SSSR count). The van der Waals surface area contributed by atoms with Crippen LogP contribution in [0, 0.1) is 11.8 Å². The molecule has 14 heavy (non-hydrogen) atoms. The third-order valence-electron chi connectivity index (χ3n) is 1.99. The third-order valence-corrected chi connectivity index (χ3v) is 1.99. The normalized spacial score (nSPS) is 14.3. The highest BCUT2D eigenvalue weighted by Gasteiger charge is 2.16. The van der Waals surface area contributed by atoms with Crippen LogP contribution in [0.4, 0.5) is 0 Å². The molecular weight excluding hydrogens is 184 g/mol. The van der Waals surface area contributed by atoms with Gasteiger partial charge in [0.1, 0.15) is 0 Å². The predicted octanol–water partition coefficient (Wildman–Crippen LogP) is -0.493. The SMILES string of the molecule is COC(=O)C(C)CNC(=O)C(C)CN. The Morgan fingerprint density at radius 2 is 1.93 bits per heavy atom. The van der Waals surface area contributed by atoms with Gasteiger partial charge in [-0.05, 0) is 0 Å². The molecule has 0 aromatic rings. The molecule has 3 N–H and O–H groups in total. The topological polar surface area (TPSA) is 81.4 Å². The van der Waals surface area contributed by atoms with E-state index in [-0.39, 0.29) is 30.3 Å². The minimum Gasteiger partial charge on any atom is -0.469 e. The Morgan fingerprint density at radius 3 is 2.36 bits per heavy atom. The zero-order chi connectivity index (χ0) is 11.1. The predicted molar refractivity (Wildman–Crippen MR) is 52.4 cm³/mol. The number of rotatable bonds is 5. The molecule has 0 fully saturated rings. The van der Waals surface area contributed by atoms with E-state index in [0.29, 0.717) is 6.54 Å². The number of carbonyl (C=O) groups excluding carboxylic acids is 2. The Kier molecular flexibility index (Phi) is 5.87. The monoisotopic (exact) mass is 202 g/mol. The molecule has 5 heteroatoms. The third kappa shape index (κ3) is 4.23. The first-order valence-electron chi connectivity index (χ1n) is 4.58. The lowest BCUT2D eigenvalue weighted by atomic mass is 10.1. The average molecular weight is 202 g/mol. The van der Waals surface area contributed by atoms with Crippen molar-refractivity contribution in [1.29, 1.82) is 0 Å². The molecule has 82 valence electrons. The highest BCUT2D eigenvalue weighted by Crippen LogP contribution is 1.97. The van der Waals surface area contributed by atoms with Crippen LogP contribution in [0.15, 0.2) is 0 Å². The summed E-state index contributed by atoms with van der Waals surface area (Å²) in [5.41, 5.74) is 5.31. The van der Waals surface area contributed by atoms with Gasteiger partial charge in [0.05, 0.1) is 13.0 Å². The molecule has 0 aliphatic rings. The Hall–Kier alpha value is -1.10. The van der Waals surface area contributed by atoms with Gasteiger partial charge in [-0.15, -0.1) is 0 Å². The lowest BCUT2D eigenvalue weighted by Crippen LogP contribution is -2.37. The second-order valence-corrected chi connectivity index (χ2v) is 3.31. The first kappa shape index (κ1) is 12.9. The molecule has 5 nitrogen and oxygen atoms in total. The van der Waals surface area contributed by atoms with Crippen molar-refractivity contribution in [3.05, 3.63) is 0 Å². The molecule has 0 aliphatic heterocycles. The summed E-state index contributed by atoms with van der Waals surface area (Å²) in [4.78, 5) is 22.2. The van der Waals surface area contributed by atoms with E-state index in [9.17, 15) is 9.59 Å². The van der Waals surface area contributed by atoms with Crippen molar-refractivity contribution in [2.45, 2.75) is 13.8 Å². The van der Waals surface area contributed by atoms with Gasteiger partial charge < -0.3 is 15.8 Å². The maximum absolute atomic E-state index is 11.2. The molecular formula is C9H18N2O3. The first-order valence-corrected chi connectivity index (χ1v) is 4.58. The molecule has 0 aromatic carbocycles. The van der Waals surface area contributed by atoms with E-state index in [4.69, 9.17) is 5.73 Å². The Bertz CT molecular complexity index is 206. The van der Waals surface area contributed by atoms with Gasteiger partial charge in [-0.3, -0.25) is 9.59 Å². The van der Waals surface area contributed by atoms with Gasteiger partial charge in [-0.25, -0.2) is 0 Å². The summed E-state index contributed by atoms with van der Waals surface area (Å²) in [6.07, 6.45) is 0. The molecule has 2 unspecified atom stereocenters. The summed E-state index contributed by atoms with van der Waals surface area (Å²) in [6.45, 7) is 4.02. The van der Waals surface area contributed by atoms with Crippen LogP contribution in [0.2, 0.25) is 0 Å². The maximum Gasteiger partial charge on any atom is 0.310 e. The van der Waals surface area contributed by atoms with Crippen molar-refractivity contribution in [1.82, 2.24) is 5.32 Å². The summed E-state index contributed by atoms with van der Waals surface area (Å²) < 4.78 is 4.52. The van der Waals surface area contributed by atoms with Crippen molar-refractivity contribution in [3.8, 4) is 0 Å². The smallest absolute Gasteiger partial charge is 0.310 e. The number of nitrogens with two attached hydrogens (primary N) is 1. The fourth-order valence-electron chi connectivity index (χ4n) is 0.819. The molecule has 0 heterocycles. The lowest BCUT2D eigenvalue weighted by Gasteiger charge is -2.13. The fraction of sp³-hybridized carbons (Fsp3) is 0.778. The summed E-state index contributed by atoms with van der Waals surface area (Å²) in [5, 5.41) is 2.63. The zero-order valence-corrected chi connectivity index (χ0v) is 8.87. The van der Waals surface area contributed by atoms with E-state index in [2.05, 4.69) is 10.1 Å². The van der Waals surface area contributed by atoms with E-state index < -0.39 is 0 Å². The van der Waals surface area contributed by atoms with Crippen LogP contribution in [0.25, 0.3) is 0 Å². The minimum atomic E-state index is -0.328. The van der Waals surface area contributed by atoms with Crippen LogP contribution in [-0.4, -0.2) is 32.1 Å². The van der Waals surface area contributed by atoms with Crippen LogP contribution in [0.1, 0.15) is 13.8 Å². The van der Waals surface area contributed by atoms with Gasteiger partial charge in [0.2, 0.25) is 5.91 Å². The van der Waals surface area contributed by atoms with E-state index in [1.54, 1.807) is 13.8 Å². The van der Waals surface area contributed by atoms with Crippen molar-refractivity contribution in [2.24, 2.45) is 17.6 Å². The molecule has 0 saturated heterocycles. The van der Waals surface area contributed by atoms with E-state index in [1.165, 1.54) is 7.11 Å². The Labute approximate surface area is 84.0 Å². The summed E-state index contributed by atoms with van der Waals surface area (Å²) >= 11 is 0. The summed E-state index contributed by atoms with van der Waals surface area (Å²) in [6, 6.07) is 0. The average Bonchev–Trinajstić information content (AvgIpc) is 2.22. The number of amides is 1. The van der Waals surface area contributed by atoms with Gasteiger partial charge in [0.15, 0.2) is 0 Å². The molecule has 0 spiro atoms. The quantitative estimate of drug-likeness (QED) is 0.589. The minimum absolute atomic E-state index is 0.136. The van der Waals surface area contributed by atoms with Crippen molar-refractivity contribution < 1.29 is 14.3 Å². The molecule has 0 aromatic heterocycles. The zero-order valence-electron chi connectivity index (χ0n) is 8.87. The number of carbonyl (C=O) groups is 2. The first-order chi connectivity index (χ1) is 6.52. The standard InChI is InChI=1S/C9H18N2O3/c1-6(4-10)8(12)11-5-7(2)9(13)14-3/h6-7H,4-5,10H2,1-3H3,(H,11,12). The number of nitrogens with one attached hydrogen (secondary N) is 1. The van der Waals surface area contributed by atoms with Gasteiger partial charge in [-0.2, -0.15) is 0 Å². The molecule has 0 radical (unpaired) electrons. The molecule has 2 atom stereocenters. The van der Waals surface area contributed by atoms with Crippen LogP contribution in [-0.2, 0) is 14.3 Å². The van der Waals surface area contributed by atoms with Gasteiger partial charge in [0.25, 0.3) is 0 Å².